The summed E-state index contributed by atoms with van der Waals surface area (Å²) in [6, 6.07) is 7.96. The highest BCUT2D eigenvalue weighted by molar-refractivity contribution is 5.77. The minimum Gasteiger partial charge on any atom is -0.356 e. The van der Waals surface area contributed by atoms with Crippen LogP contribution in [0.4, 0.5) is 5.82 Å². The molecule has 0 spiro atoms. The maximum atomic E-state index is 4.67. The first kappa shape index (κ1) is 10.5. The van der Waals surface area contributed by atoms with Crippen molar-refractivity contribution in [2.75, 3.05) is 18.0 Å². The zero-order chi connectivity index (χ0) is 12.7. The van der Waals surface area contributed by atoms with Crippen LogP contribution in [0.1, 0.15) is 6.42 Å². The van der Waals surface area contributed by atoms with E-state index in [0.717, 1.165) is 35.6 Å². The predicted octanol–water partition coefficient (Wildman–Crippen LogP) is 2.03. The van der Waals surface area contributed by atoms with Crippen LogP contribution in [-0.4, -0.2) is 32.8 Å². The van der Waals surface area contributed by atoms with Gasteiger partial charge in [-0.3, -0.25) is 4.98 Å². The maximum absolute atomic E-state index is 4.67. The maximum Gasteiger partial charge on any atom is 0.155 e. The molecule has 0 unspecified atom stereocenters. The van der Waals surface area contributed by atoms with Gasteiger partial charge in [0.25, 0.3) is 0 Å². The van der Waals surface area contributed by atoms with Crippen molar-refractivity contribution in [3.63, 3.8) is 0 Å². The number of anilines is 1. The molecule has 1 aliphatic rings. The third-order valence-electron chi connectivity index (χ3n) is 3.44. The molecule has 4 rings (SSSR count). The number of pyridine rings is 2. The van der Waals surface area contributed by atoms with Gasteiger partial charge in [-0.05, 0) is 24.6 Å². The van der Waals surface area contributed by atoms with Gasteiger partial charge in [-0.1, -0.05) is 6.07 Å². The minimum atomic E-state index is 0.848. The molecule has 1 saturated heterocycles. The molecule has 4 heterocycles. The molecule has 19 heavy (non-hydrogen) atoms. The lowest BCUT2D eigenvalue weighted by Crippen LogP contribution is -2.37. The van der Waals surface area contributed by atoms with Crippen LogP contribution in [0, 0.1) is 0 Å². The van der Waals surface area contributed by atoms with Gasteiger partial charge in [0.05, 0.1) is 5.52 Å². The Balaban J connectivity index is 1.78. The van der Waals surface area contributed by atoms with E-state index in [1.54, 1.807) is 6.20 Å². The average Bonchev–Trinajstić information content (AvgIpc) is 2.81. The lowest BCUT2D eigenvalue weighted by atomic mass is 10.2. The molecule has 0 radical (unpaired) electrons. The van der Waals surface area contributed by atoms with Crippen molar-refractivity contribution in [1.82, 2.24) is 19.7 Å². The summed E-state index contributed by atoms with van der Waals surface area (Å²) >= 11 is 0. The summed E-state index contributed by atoms with van der Waals surface area (Å²) in [6.45, 7) is 2.20. The summed E-state index contributed by atoms with van der Waals surface area (Å²) in [5.74, 6) is 1.88. The lowest BCUT2D eigenvalue weighted by Gasteiger charge is -2.32. The summed E-state index contributed by atoms with van der Waals surface area (Å²) in [4.78, 5) is 11.0. The Hall–Kier alpha value is -2.43. The predicted molar refractivity (Wildman–Crippen MR) is 73.5 cm³/mol. The summed E-state index contributed by atoms with van der Waals surface area (Å²) in [7, 11) is 0. The van der Waals surface area contributed by atoms with Crippen LogP contribution >= 0.6 is 0 Å². The molecule has 1 aliphatic heterocycles. The molecule has 3 aromatic heterocycles. The van der Waals surface area contributed by atoms with Gasteiger partial charge in [0.15, 0.2) is 5.82 Å². The number of nitrogens with zero attached hydrogens (tertiary/aromatic N) is 5. The largest absolute Gasteiger partial charge is 0.356 e. The van der Waals surface area contributed by atoms with Gasteiger partial charge in [-0.15, -0.1) is 0 Å². The molecule has 0 saturated carbocycles. The second kappa shape index (κ2) is 4.05. The van der Waals surface area contributed by atoms with Gasteiger partial charge in [0.1, 0.15) is 5.82 Å². The van der Waals surface area contributed by atoms with Crippen molar-refractivity contribution in [3.05, 3.63) is 42.9 Å². The Bertz CT molecular complexity index is 696. The molecular formula is C14H13N5. The van der Waals surface area contributed by atoms with Gasteiger partial charge < -0.3 is 4.90 Å². The highest BCUT2D eigenvalue weighted by Gasteiger charge is 2.16. The number of aromatic nitrogens is 4. The monoisotopic (exact) mass is 251 g/mol. The first-order valence-electron chi connectivity index (χ1n) is 6.42. The molecule has 0 bridgehead atoms. The highest BCUT2D eigenvalue weighted by Crippen LogP contribution is 2.20. The van der Waals surface area contributed by atoms with Crippen LogP contribution in [0.3, 0.4) is 0 Å². The Morgan fingerprint density at radius 2 is 1.95 bits per heavy atom. The second-order valence-corrected chi connectivity index (χ2v) is 4.70. The Labute approximate surface area is 110 Å². The Morgan fingerprint density at radius 1 is 1.05 bits per heavy atom. The van der Waals surface area contributed by atoms with Crippen LogP contribution in [-0.2, 0) is 0 Å². The van der Waals surface area contributed by atoms with Crippen molar-refractivity contribution < 1.29 is 0 Å². The van der Waals surface area contributed by atoms with Crippen molar-refractivity contribution in [1.29, 1.82) is 0 Å². The number of fused-ring (bicyclic) bond motifs is 1. The van der Waals surface area contributed by atoms with Gasteiger partial charge >= 0.3 is 0 Å². The van der Waals surface area contributed by atoms with Crippen molar-refractivity contribution in [2.45, 2.75) is 6.42 Å². The van der Waals surface area contributed by atoms with E-state index in [9.17, 15) is 0 Å². The average molecular weight is 251 g/mol. The molecule has 5 nitrogen and oxygen atoms in total. The molecule has 3 aromatic rings. The molecule has 0 aliphatic carbocycles. The summed E-state index contributed by atoms with van der Waals surface area (Å²) in [6.07, 6.45) is 6.79. The smallest absolute Gasteiger partial charge is 0.155 e. The summed E-state index contributed by atoms with van der Waals surface area (Å²) < 4.78 is 1.82. The Morgan fingerprint density at radius 3 is 2.74 bits per heavy atom. The fourth-order valence-electron chi connectivity index (χ4n) is 2.25. The van der Waals surface area contributed by atoms with Crippen LogP contribution in [0.2, 0.25) is 0 Å². The highest BCUT2D eigenvalue weighted by atomic mass is 15.3. The third-order valence-corrected chi connectivity index (χ3v) is 3.44. The summed E-state index contributed by atoms with van der Waals surface area (Å²) in [5.41, 5.74) is 0.936. The normalized spacial score (nSPS) is 14.6. The minimum absolute atomic E-state index is 0.848. The number of hydrogen-bond donors (Lipinski definition) is 0. The molecular weight excluding hydrogens is 238 g/mol. The fraction of sp³-hybridized carbons (Fsp3) is 0.214. The molecule has 0 N–H and O–H groups in total. The first-order valence-corrected chi connectivity index (χ1v) is 6.42. The zero-order valence-corrected chi connectivity index (χ0v) is 10.4. The van der Waals surface area contributed by atoms with E-state index in [4.69, 9.17) is 0 Å². The SMILES string of the molecule is c1cc(N2CCC2)nc(-n2cc3cnccc3n2)c1. The van der Waals surface area contributed by atoms with E-state index in [1.807, 2.05) is 41.3 Å². The van der Waals surface area contributed by atoms with E-state index >= 15 is 0 Å². The van der Waals surface area contributed by atoms with Gasteiger partial charge in [-0.25, -0.2) is 9.67 Å². The molecule has 0 atom stereocenters. The van der Waals surface area contributed by atoms with Gasteiger partial charge in [0.2, 0.25) is 0 Å². The molecule has 5 heteroatoms. The molecule has 1 fully saturated rings. The number of rotatable bonds is 2. The molecule has 0 aromatic carbocycles. The van der Waals surface area contributed by atoms with Crippen molar-refractivity contribution in [3.8, 4) is 5.82 Å². The van der Waals surface area contributed by atoms with E-state index in [2.05, 4.69) is 20.0 Å². The molecule has 0 amide bonds. The summed E-state index contributed by atoms with van der Waals surface area (Å²) in [5, 5.41) is 5.55. The van der Waals surface area contributed by atoms with Crippen molar-refractivity contribution in [2.24, 2.45) is 0 Å². The van der Waals surface area contributed by atoms with E-state index in [0.29, 0.717) is 0 Å². The van der Waals surface area contributed by atoms with Crippen LogP contribution in [0.5, 0.6) is 0 Å². The van der Waals surface area contributed by atoms with Crippen LogP contribution in [0.15, 0.2) is 42.9 Å². The Kier molecular flexibility index (Phi) is 2.24. The quantitative estimate of drug-likeness (QED) is 0.699. The standard InChI is InChI=1S/C14H13N5/c1-3-13(18-7-2-8-18)16-14(4-1)19-10-11-9-15-6-5-12(11)17-19/h1,3-6,9-10H,2,7-8H2. The third kappa shape index (κ3) is 1.74. The van der Waals surface area contributed by atoms with Gasteiger partial charge in [0, 0.05) is 37.1 Å². The van der Waals surface area contributed by atoms with Crippen LogP contribution < -0.4 is 4.90 Å². The zero-order valence-electron chi connectivity index (χ0n) is 10.4. The van der Waals surface area contributed by atoms with Gasteiger partial charge in [-0.2, -0.15) is 5.10 Å². The van der Waals surface area contributed by atoms with Crippen molar-refractivity contribution >= 4 is 16.7 Å². The van der Waals surface area contributed by atoms with E-state index in [1.165, 1.54) is 6.42 Å². The van der Waals surface area contributed by atoms with E-state index < -0.39 is 0 Å². The fourth-order valence-corrected chi connectivity index (χ4v) is 2.25. The van der Waals surface area contributed by atoms with Crippen LogP contribution in [0.25, 0.3) is 16.7 Å². The first-order chi connectivity index (χ1) is 9.40. The second-order valence-electron chi connectivity index (χ2n) is 4.70. The topological polar surface area (TPSA) is 46.8 Å². The molecule has 94 valence electrons. The van der Waals surface area contributed by atoms with E-state index in [-0.39, 0.29) is 0 Å². The number of hydrogen-bond acceptors (Lipinski definition) is 4. The lowest BCUT2D eigenvalue weighted by molar-refractivity contribution is 0.608.